The Balaban J connectivity index is 1.51. The number of aryl methyl sites for hydroxylation is 2. The van der Waals surface area contributed by atoms with Gasteiger partial charge >= 0.3 is 0 Å². The summed E-state index contributed by atoms with van der Waals surface area (Å²) in [7, 11) is 0. The van der Waals surface area contributed by atoms with Crippen molar-refractivity contribution in [1.29, 1.82) is 0 Å². The third-order valence-electron chi connectivity index (χ3n) is 5.96. The second-order valence-electron chi connectivity index (χ2n) is 8.59. The van der Waals surface area contributed by atoms with E-state index in [1.807, 2.05) is 59.4 Å². The summed E-state index contributed by atoms with van der Waals surface area (Å²) in [5, 5.41) is 9.96. The molecule has 0 amide bonds. The molecule has 6 aromatic rings. The van der Waals surface area contributed by atoms with E-state index in [1.54, 1.807) is 12.1 Å². The van der Waals surface area contributed by atoms with Gasteiger partial charge in [0.15, 0.2) is 5.82 Å². The predicted octanol–water partition coefficient (Wildman–Crippen LogP) is 5.49. The number of hydrogen-bond donors (Lipinski definition) is 0. The molecule has 0 saturated heterocycles. The lowest BCUT2D eigenvalue weighted by Crippen LogP contribution is -2.23. The Labute approximate surface area is 215 Å². The Morgan fingerprint density at radius 2 is 1.78 bits per heavy atom. The van der Waals surface area contributed by atoms with Crippen molar-refractivity contribution in [3.8, 4) is 28.3 Å². The summed E-state index contributed by atoms with van der Waals surface area (Å²) in [5.41, 5.74) is 6.46. The lowest BCUT2D eigenvalue weighted by atomic mass is 10.0. The number of halogens is 1. The maximum absolute atomic E-state index is 13.3. The lowest BCUT2D eigenvalue weighted by molar-refractivity contribution is 0.884. The zero-order chi connectivity index (χ0) is 24.8. The second-order valence-corrected chi connectivity index (χ2v) is 10.0. The lowest BCUT2D eigenvalue weighted by Gasteiger charge is -2.05. The molecule has 0 saturated carbocycles. The van der Waals surface area contributed by atoms with Gasteiger partial charge in [0.2, 0.25) is 4.96 Å². The zero-order valence-corrected chi connectivity index (χ0v) is 21.1. The minimum atomic E-state index is -0.213. The minimum absolute atomic E-state index is 0.213. The molecule has 36 heavy (non-hydrogen) atoms. The molecule has 8 heteroatoms. The number of nitrogens with zero attached hydrogens (tertiary/aromatic N) is 5. The fourth-order valence-electron chi connectivity index (χ4n) is 4.13. The van der Waals surface area contributed by atoms with Crippen molar-refractivity contribution in [2.75, 3.05) is 0 Å². The van der Waals surface area contributed by atoms with Crippen molar-refractivity contribution in [2.24, 2.45) is 0 Å². The zero-order valence-electron chi connectivity index (χ0n) is 19.5. The topological polar surface area (TPSA) is 65.1 Å². The van der Waals surface area contributed by atoms with E-state index in [-0.39, 0.29) is 5.56 Å². The van der Waals surface area contributed by atoms with E-state index >= 15 is 0 Å². The quantitative estimate of drug-likeness (QED) is 0.315. The summed E-state index contributed by atoms with van der Waals surface area (Å²) in [4.78, 5) is 18.4. The van der Waals surface area contributed by atoms with E-state index in [2.05, 4.69) is 42.1 Å². The van der Waals surface area contributed by atoms with Crippen LogP contribution in [0.15, 0.2) is 83.8 Å². The Bertz CT molecular complexity index is 1850. The molecule has 0 atom stereocenters. The SMILES string of the molecule is Cc1ccc(C)c(-c2nn(-c3ccccc3)cc2/C=c2\sc3nc(-c4cccc(Cl)c4)nn3c2=O)c1. The molecule has 0 aliphatic carbocycles. The van der Waals surface area contributed by atoms with E-state index in [0.717, 1.165) is 39.2 Å². The normalized spacial score (nSPS) is 12.0. The smallest absolute Gasteiger partial charge is 0.266 e. The first-order chi connectivity index (χ1) is 17.5. The minimum Gasteiger partial charge on any atom is -0.266 e. The van der Waals surface area contributed by atoms with Crippen LogP contribution in [0.25, 0.3) is 39.4 Å². The van der Waals surface area contributed by atoms with E-state index in [1.165, 1.54) is 15.9 Å². The molecule has 0 fully saturated rings. The number of para-hydroxylation sites is 1. The van der Waals surface area contributed by atoms with E-state index < -0.39 is 0 Å². The molecule has 0 aliphatic heterocycles. The second kappa shape index (κ2) is 8.86. The molecular formula is C28H20ClN5OS. The standard InChI is InChI=1S/C28H20ClN5OS/c1-17-11-12-18(2)23(13-17)25-20(16-33(31-25)22-9-4-3-5-10-22)15-24-27(35)34-28(36-24)30-26(32-34)19-7-6-8-21(29)14-19/h3-16H,1-2H3/b24-15-. The van der Waals surface area contributed by atoms with Gasteiger partial charge in [0.25, 0.3) is 5.56 Å². The fraction of sp³-hybridized carbons (Fsp3) is 0.0714. The van der Waals surface area contributed by atoms with E-state index in [0.29, 0.717) is 20.3 Å². The van der Waals surface area contributed by atoms with Crippen molar-refractivity contribution in [3.05, 3.63) is 116 Å². The van der Waals surface area contributed by atoms with Crippen LogP contribution >= 0.6 is 22.9 Å². The summed E-state index contributed by atoms with van der Waals surface area (Å²) in [5.74, 6) is 0.473. The largest absolute Gasteiger partial charge is 0.291 e. The van der Waals surface area contributed by atoms with Crippen LogP contribution in [0.2, 0.25) is 5.02 Å². The van der Waals surface area contributed by atoms with Crippen LogP contribution in [0, 0.1) is 13.8 Å². The molecule has 3 aromatic carbocycles. The van der Waals surface area contributed by atoms with Gasteiger partial charge in [-0.2, -0.15) is 14.6 Å². The van der Waals surface area contributed by atoms with Gasteiger partial charge in [-0.05, 0) is 55.8 Å². The highest BCUT2D eigenvalue weighted by atomic mass is 35.5. The highest BCUT2D eigenvalue weighted by Gasteiger charge is 2.16. The van der Waals surface area contributed by atoms with Gasteiger partial charge in [0.05, 0.1) is 10.2 Å². The van der Waals surface area contributed by atoms with Crippen molar-refractivity contribution in [2.45, 2.75) is 13.8 Å². The molecule has 3 heterocycles. The molecule has 0 unspecified atom stereocenters. The fourth-order valence-corrected chi connectivity index (χ4v) is 5.22. The first-order valence-corrected chi connectivity index (χ1v) is 12.6. The number of hydrogen-bond acceptors (Lipinski definition) is 5. The van der Waals surface area contributed by atoms with Gasteiger partial charge < -0.3 is 0 Å². The van der Waals surface area contributed by atoms with Gasteiger partial charge in [-0.15, -0.1) is 5.10 Å². The first kappa shape index (κ1) is 22.4. The molecule has 0 spiro atoms. The number of benzene rings is 3. The predicted molar refractivity (Wildman–Crippen MR) is 145 cm³/mol. The van der Waals surface area contributed by atoms with Crippen molar-refractivity contribution < 1.29 is 0 Å². The van der Waals surface area contributed by atoms with Crippen LogP contribution in [0.4, 0.5) is 0 Å². The van der Waals surface area contributed by atoms with Crippen molar-refractivity contribution in [3.63, 3.8) is 0 Å². The molecular weight excluding hydrogens is 490 g/mol. The monoisotopic (exact) mass is 509 g/mol. The maximum atomic E-state index is 13.3. The Hall–Kier alpha value is -4.07. The molecule has 6 nitrogen and oxygen atoms in total. The van der Waals surface area contributed by atoms with E-state index in [4.69, 9.17) is 16.7 Å². The third-order valence-corrected chi connectivity index (χ3v) is 7.16. The van der Waals surface area contributed by atoms with Crippen molar-refractivity contribution in [1.82, 2.24) is 24.4 Å². The van der Waals surface area contributed by atoms with Crippen LogP contribution in [0.3, 0.4) is 0 Å². The maximum Gasteiger partial charge on any atom is 0.291 e. The highest BCUT2D eigenvalue weighted by molar-refractivity contribution is 7.15. The summed E-state index contributed by atoms with van der Waals surface area (Å²) in [6.07, 6.45) is 3.84. The summed E-state index contributed by atoms with van der Waals surface area (Å²) < 4.78 is 3.75. The Kier molecular flexibility index (Phi) is 5.51. The van der Waals surface area contributed by atoms with Crippen LogP contribution in [-0.2, 0) is 0 Å². The Morgan fingerprint density at radius 1 is 0.944 bits per heavy atom. The summed E-state index contributed by atoms with van der Waals surface area (Å²) >= 11 is 7.42. The molecule has 0 N–H and O–H groups in total. The van der Waals surface area contributed by atoms with Gasteiger partial charge in [-0.25, -0.2) is 4.68 Å². The van der Waals surface area contributed by atoms with E-state index in [9.17, 15) is 4.79 Å². The molecule has 6 rings (SSSR count). The van der Waals surface area contributed by atoms with Crippen LogP contribution < -0.4 is 10.1 Å². The number of thiazole rings is 1. The molecule has 0 bridgehead atoms. The average molecular weight is 510 g/mol. The molecule has 0 aliphatic rings. The average Bonchev–Trinajstić information content (AvgIpc) is 3.57. The van der Waals surface area contributed by atoms with Crippen LogP contribution in [0.5, 0.6) is 0 Å². The molecule has 3 aromatic heterocycles. The van der Waals surface area contributed by atoms with Gasteiger partial charge in [-0.3, -0.25) is 4.79 Å². The molecule has 176 valence electrons. The van der Waals surface area contributed by atoms with Gasteiger partial charge in [0, 0.05) is 27.9 Å². The number of fused-ring (bicyclic) bond motifs is 1. The number of aromatic nitrogens is 5. The number of rotatable bonds is 4. The van der Waals surface area contributed by atoms with Crippen LogP contribution in [0.1, 0.15) is 16.7 Å². The molecule has 0 radical (unpaired) electrons. The third kappa shape index (κ3) is 4.02. The van der Waals surface area contributed by atoms with Crippen molar-refractivity contribution >= 4 is 34.0 Å². The first-order valence-electron chi connectivity index (χ1n) is 11.4. The van der Waals surface area contributed by atoms with Gasteiger partial charge in [-0.1, -0.05) is 71.0 Å². The summed E-state index contributed by atoms with van der Waals surface area (Å²) in [6, 6.07) is 23.5. The summed E-state index contributed by atoms with van der Waals surface area (Å²) in [6.45, 7) is 4.13. The van der Waals surface area contributed by atoms with Gasteiger partial charge in [0.1, 0.15) is 5.69 Å². The Morgan fingerprint density at radius 3 is 2.56 bits per heavy atom. The van der Waals surface area contributed by atoms with Crippen LogP contribution in [-0.4, -0.2) is 24.4 Å². The highest BCUT2D eigenvalue weighted by Crippen LogP contribution is 2.28.